The summed E-state index contributed by atoms with van der Waals surface area (Å²) in [7, 11) is 0. The van der Waals surface area contributed by atoms with Crippen LogP contribution in [0.25, 0.3) is 0 Å². The lowest BCUT2D eigenvalue weighted by Crippen LogP contribution is -2.29. The molecule has 1 aromatic heterocycles. The molecule has 3 heterocycles. The van der Waals surface area contributed by atoms with Crippen LogP contribution in [0.15, 0.2) is 64.0 Å². The van der Waals surface area contributed by atoms with Crippen LogP contribution in [0.2, 0.25) is 0 Å². The molecule has 30 heavy (non-hydrogen) atoms. The lowest BCUT2D eigenvalue weighted by atomic mass is 9.96. The van der Waals surface area contributed by atoms with Crippen molar-refractivity contribution in [3.63, 3.8) is 0 Å². The largest absolute Gasteiger partial charge is 0.408 e. The molecule has 7 nitrogen and oxygen atoms in total. The summed E-state index contributed by atoms with van der Waals surface area (Å²) in [6.07, 6.45) is 1.20. The van der Waals surface area contributed by atoms with E-state index in [1.165, 1.54) is 0 Å². The van der Waals surface area contributed by atoms with Crippen molar-refractivity contribution in [2.45, 2.75) is 31.3 Å². The number of nitrogens with zero attached hydrogens (tertiary/aromatic N) is 3. The summed E-state index contributed by atoms with van der Waals surface area (Å²) in [5, 5.41) is 11.3. The highest BCUT2D eigenvalue weighted by molar-refractivity contribution is 6.16. The third kappa shape index (κ3) is 3.76. The van der Waals surface area contributed by atoms with Gasteiger partial charge in [0, 0.05) is 36.7 Å². The molecule has 1 saturated heterocycles. The van der Waals surface area contributed by atoms with Crippen molar-refractivity contribution in [2.75, 3.05) is 18.5 Å². The summed E-state index contributed by atoms with van der Waals surface area (Å²) in [5.74, 6) is 0.732. The number of hydrogen-bond donors (Lipinski definition) is 1. The van der Waals surface area contributed by atoms with E-state index >= 15 is 0 Å². The number of benzene rings is 2. The lowest BCUT2D eigenvalue weighted by molar-refractivity contribution is -0.119. The van der Waals surface area contributed by atoms with Crippen molar-refractivity contribution in [1.29, 1.82) is 0 Å². The van der Waals surface area contributed by atoms with Crippen molar-refractivity contribution >= 4 is 17.5 Å². The number of anilines is 1. The standard InChI is InChI=1S/C23H22N4O3/c28-19-14-17-8-4-5-9-18(17)20(15-6-2-1-3-7-15)24-21(19)25-23-27-26-22(30-23)16-10-12-29-13-11-16/h1-9,16,21H,10-14H2,(H,25,27). The monoisotopic (exact) mass is 402 g/mol. The number of ether oxygens (including phenoxy) is 1. The molecule has 5 rings (SSSR count). The summed E-state index contributed by atoms with van der Waals surface area (Å²) in [6, 6.07) is 18.0. The zero-order chi connectivity index (χ0) is 20.3. The maximum absolute atomic E-state index is 13.0. The Morgan fingerprint density at radius 1 is 0.933 bits per heavy atom. The normalized spacial score (nSPS) is 19.7. The second kappa shape index (κ2) is 8.20. The second-order valence-electron chi connectivity index (χ2n) is 7.52. The zero-order valence-electron chi connectivity index (χ0n) is 16.5. The first-order valence-electron chi connectivity index (χ1n) is 10.2. The molecule has 0 radical (unpaired) electrons. The van der Waals surface area contributed by atoms with E-state index in [4.69, 9.17) is 14.1 Å². The molecule has 0 aliphatic carbocycles. The Labute approximate surface area is 174 Å². The van der Waals surface area contributed by atoms with Gasteiger partial charge in [0.2, 0.25) is 5.89 Å². The number of rotatable bonds is 4. The quantitative estimate of drug-likeness (QED) is 0.720. The SMILES string of the molecule is O=C1Cc2ccccc2C(c2ccccc2)=NC1Nc1nnc(C2CCOCC2)o1. The first-order valence-corrected chi connectivity index (χ1v) is 10.2. The Hall–Kier alpha value is -3.32. The van der Waals surface area contributed by atoms with Crippen molar-refractivity contribution in [1.82, 2.24) is 10.2 Å². The molecular weight excluding hydrogens is 380 g/mol. The third-order valence-electron chi connectivity index (χ3n) is 5.52. The average molecular weight is 402 g/mol. The number of ketones is 1. The van der Waals surface area contributed by atoms with Gasteiger partial charge >= 0.3 is 6.01 Å². The Kier molecular flexibility index (Phi) is 5.11. The van der Waals surface area contributed by atoms with Crippen molar-refractivity contribution < 1.29 is 13.9 Å². The van der Waals surface area contributed by atoms with E-state index in [0.717, 1.165) is 35.2 Å². The molecule has 7 heteroatoms. The number of hydrogen-bond acceptors (Lipinski definition) is 7. The molecule has 1 N–H and O–H groups in total. The lowest BCUT2D eigenvalue weighted by Gasteiger charge is -2.18. The molecule has 2 aliphatic heterocycles. The molecule has 2 aromatic carbocycles. The molecule has 0 saturated carbocycles. The molecular formula is C23H22N4O3. The topological polar surface area (TPSA) is 89.6 Å². The van der Waals surface area contributed by atoms with Crippen LogP contribution in [0.5, 0.6) is 0 Å². The zero-order valence-corrected chi connectivity index (χ0v) is 16.5. The summed E-state index contributed by atoms with van der Waals surface area (Å²) in [5.41, 5.74) is 3.66. The average Bonchev–Trinajstić information content (AvgIpc) is 3.21. The molecule has 3 aromatic rings. The number of Topliss-reactive ketones (excluding diaryl/α,β-unsaturated/α-hetero) is 1. The first kappa shape index (κ1) is 18.7. The fourth-order valence-corrected chi connectivity index (χ4v) is 3.92. The Morgan fingerprint density at radius 3 is 2.53 bits per heavy atom. The van der Waals surface area contributed by atoms with E-state index in [-0.39, 0.29) is 24.1 Å². The summed E-state index contributed by atoms with van der Waals surface area (Å²) in [4.78, 5) is 17.8. The highest BCUT2D eigenvalue weighted by atomic mass is 16.5. The predicted molar refractivity (Wildman–Crippen MR) is 112 cm³/mol. The maximum Gasteiger partial charge on any atom is 0.317 e. The number of carbonyl (C=O) groups is 1. The van der Waals surface area contributed by atoms with Gasteiger partial charge in [0.1, 0.15) is 0 Å². The summed E-state index contributed by atoms with van der Waals surface area (Å²) in [6.45, 7) is 1.39. The minimum absolute atomic E-state index is 0.0424. The van der Waals surface area contributed by atoms with Gasteiger partial charge < -0.3 is 14.5 Å². The van der Waals surface area contributed by atoms with E-state index in [1.54, 1.807) is 0 Å². The van der Waals surface area contributed by atoms with Gasteiger partial charge in [-0.15, -0.1) is 5.10 Å². The van der Waals surface area contributed by atoms with E-state index in [0.29, 0.717) is 19.1 Å². The molecule has 1 fully saturated rings. The van der Waals surface area contributed by atoms with Crippen LogP contribution in [-0.4, -0.2) is 41.1 Å². The Balaban J connectivity index is 1.46. The van der Waals surface area contributed by atoms with Crippen molar-refractivity contribution in [3.05, 3.63) is 77.2 Å². The fraction of sp³-hybridized carbons (Fsp3) is 0.304. The minimum atomic E-state index is -0.796. The highest BCUT2D eigenvalue weighted by Crippen LogP contribution is 2.27. The van der Waals surface area contributed by atoms with Crippen molar-refractivity contribution in [2.24, 2.45) is 4.99 Å². The first-order chi connectivity index (χ1) is 14.8. The third-order valence-corrected chi connectivity index (χ3v) is 5.52. The maximum atomic E-state index is 13.0. The molecule has 0 spiro atoms. The number of aromatic nitrogens is 2. The van der Waals surface area contributed by atoms with E-state index in [2.05, 4.69) is 15.5 Å². The highest BCUT2D eigenvalue weighted by Gasteiger charge is 2.28. The molecule has 2 aliphatic rings. The fourth-order valence-electron chi connectivity index (χ4n) is 3.92. The van der Waals surface area contributed by atoms with Crippen LogP contribution in [0.3, 0.4) is 0 Å². The van der Waals surface area contributed by atoms with Gasteiger partial charge in [0.25, 0.3) is 0 Å². The van der Waals surface area contributed by atoms with E-state index in [9.17, 15) is 4.79 Å². The van der Waals surface area contributed by atoms with Crippen LogP contribution in [0.1, 0.15) is 41.3 Å². The summed E-state index contributed by atoms with van der Waals surface area (Å²) < 4.78 is 11.2. The Bertz CT molecular complexity index is 1070. The van der Waals surface area contributed by atoms with Gasteiger partial charge in [-0.25, -0.2) is 0 Å². The van der Waals surface area contributed by atoms with Gasteiger partial charge in [0.15, 0.2) is 11.9 Å². The molecule has 1 atom stereocenters. The number of nitrogens with one attached hydrogen (secondary N) is 1. The van der Waals surface area contributed by atoms with Crippen LogP contribution in [-0.2, 0) is 16.0 Å². The predicted octanol–water partition coefficient (Wildman–Crippen LogP) is 3.36. The molecule has 0 amide bonds. The second-order valence-corrected chi connectivity index (χ2v) is 7.52. The molecule has 0 bridgehead atoms. The van der Waals surface area contributed by atoms with Crippen LogP contribution >= 0.6 is 0 Å². The van der Waals surface area contributed by atoms with Crippen LogP contribution in [0.4, 0.5) is 6.01 Å². The van der Waals surface area contributed by atoms with Crippen LogP contribution in [0, 0.1) is 0 Å². The summed E-state index contributed by atoms with van der Waals surface area (Å²) >= 11 is 0. The number of fused-ring (bicyclic) bond motifs is 1. The number of carbonyl (C=O) groups excluding carboxylic acids is 1. The Morgan fingerprint density at radius 2 is 1.70 bits per heavy atom. The molecule has 152 valence electrons. The molecule has 1 unspecified atom stereocenters. The van der Waals surface area contributed by atoms with Gasteiger partial charge in [-0.1, -0.05) is 59.7 Å². The van der Waals surface area contributed by atoms with E-state index < -0.39 is 6.17 Å². The minimum Gasteiger partial charge on any atom is -0.408 e. The van der Waals surface area contributed by atoms with Gasteiger partial charge in [-0.05, 0) is 18.4 Å². The van der Waals surface area contributed by atoms with Gasteiger partial charge in [-0.3, -0.25) is 9.79 Å². The van der Waals surface area contributed by atoms with Gasteiger partial charge in [-0.2, -0.15) is 0 Å². The van der Waals surface area contributed by atoms with Crippen molar-refractivity contribution in [3.8, 4) is 0 Å². The smallest absolute Gasteiger partial charge is 0.317 e. The van der Waals surface area contributed by atoms with Crippen LogP contribution < -0.4 is 5.32 Å². The number of aliphatic imine (C=N–C) groups is 1. The van der Waals surface area contributed by atoms with Gasteiger partial charge in [0.05, 0.1) is 5.71 Å². The van der Waals surface area contributed by atoms with E-state index in [1.807, 2.05) is 54.6 Å².